The van der Waals surface area contributed by atoms with Crippen LogP contribution in [0.2, 0.25) is 0 Å². The van der Waals surface area contributed by atoms with Gasteiger partial charge in [0.15, 0.2) is 12.3 Å². The third kappa shape index (κ3) is 4.68. The summed E-state index contributed by atoms with van der Waals surface area (Å²) in [5.74, 6) is -0.100. The van der Waals surface area contributed by atoms with E-state index in [9.17, 15) is 9.59 Å². The maximum atomic E-state index is 13.1. The van der Waals surface area contributed by atoms with Crippen LogP contribution in [0.25, 0.3) is 22.3 Å². The lowest BCUT2D eigenvalue weighted by Crippen LogP contribution is -2.21. The van der Waals surface area contributed by atoms with Crippen molar-refractivity contribution in [2.75, 3.05) is 26.1 Å². The number of hydrogen-bond acceptors (Lipinski definition) is 7. The Morgan fingerprint density at radius 2 is 1.68 bits per heavy atom. The third-order valence-corrected chi connectivity index (χ3v) is 5.23. The highest BCUT2D eigenvalue weighted by Gasteiger charge is 2.21. The lowest BCUT2D eigenvalue weighted by molar-refractivity contribution is -0.119. The van der Waals surface area contributed by atoms with Crippen LogP contribution < -0.4 is 14.8 Å². The second kappa shape index (κ2) is 9.62. The summed E-state index contributed by atoms with van der Waals surface area (Å²) in [6, 6.07) is 16.1. The molecule has 0 atom stereocenters. The largest absolute Gasteiger partial charge is 0.497 e. The number of methoxy groups -OCH3 is 2. The van der Waals surface area contributed by atoms with E-state index in [1.807, 2.05) is 30.3 Å². The first kappa shape index (κ1) is 22.8. The van der Waals surface area contributed by atoms with Gasteiger partial charge in [0.25, 0.3) is 5.91 Å². The number of rotatable bonds is 7. The van der Waals surface area contributed by atoms with Crippen molar-refractivity contribution in [3.8, 4) is 22.8 Å². The van der Waals surface area contributed by atoms with Gasteiger partial charge in [-0.1, -0.05) is 30.3 Å². The van der Waals surface area contributed by atoms with Crippen molar-refractivity contribution in [2.45, 2.75) is 6.92 Å². The first-order valence-electron chi connectivity index (χ1n) is 10.5. The second-order valence-electron chi connectivity index (χ2n) is 7.55. The molecule has 0 aliphatic carbocycles. The molecule has 2 aromatic carbocycles. The van der Waals surface area contributed by atoms with Crippen LogP contribution >= 0.6 is 0 Å². The van der Waals surface area contributed by atoms with Crippen LogP contribution in [0, 0.1) is 6.92 Å². The number of anilines is 1. The monoisotopic (exact) mass is 460 g/mol. The minimum atomic E-state index is -0.640. The van der Waals surface area contributed by atoms with E-state index in [1.54, 1.807) is 42.9 Å². The molecule has 34 heavy (non-hydrogen) atoms. The van der Waals surface area contributed by atoms with Gasteiger partial charge in [0.2, 0.25) is 0 Å². The molecule has 0 bridgehead atoms. The Kier molecular flexibility index (Phi) is 6.44. The first-order chi connectivity index (χ1) is 16.4. The van der Waals surface area contributed by atoms with Gasteiger partial charge in [-0.15, -0.1) is 0 Å². The van der Waals surface area contributed by atoms with Crippen LogP contribution in [0.3, 0.4) is 0 Å². The Balaban J connectivity index is 1.57. The average Bonchev–Trinajstić information content (AvgIpc) is 3.15. The number of pyridine rings is 1. The summed E-state index contributed by atoms with van der Waals surface area (Å²) in [4.78, 5) is 30.2. The molecule has 4 rings (SSSR count). The maximum Gasteiger partial charge on any atom is 0.339 e. The van der Waals surface area contributed by atoms with Crippen molar-refractivity contribution in [1.29, 1.82) is 0 Å². The van der Waals surface area contributed by atoms with Crippen molar-refractivity contribution < 1.29 is 23.8 Å². The maximum absolute atomic E-state index is 13.1. The second-order valence-corrected chi connectivity index (χ2v) is 7.55. The number of aryl methyl sites for hydroxylation is 2. The fourth-order valence-electron chi connectivity index (χ4n) is 3.65. The van der Waals surface area contributed by atoms with Gasteiger partial charge in [0.05, 0.1) is 36.6 Å². The van der Waals surface area contributed by atoms with Gasteiger partial charge in [0, 0.05) is 36.5 Å². The minimum absolute atomic E-state index is 0.297. The molecule has 0 radical (unpaired) electrons. The van der Waals surface area contributed by atoms with Gasteiger partial charge in [0.1, 0.15) is 11.5 Å². The number of hydrogen-bond donors (Lipinski definition) is 1. The number of carbonyl (C=O) groups is 2. The normalized spacial score (nSPS) is 10.7. The number of nitrogens with zero attached hydrogens (tertiary/aromatic N) is 3. The summed E-state index contributed by atoms with van der Waals surface area (Å²) in [5, 5.41) is 7.67. The third-order valence-electron chi connectivity index (χ3n) is 5.23. The highest BCUT2D eigenvalue weighted by atomic mass is 16.5. The Bertz CT molecular complexity index is 1340. The van der Waals surface area contributed by atoms with Crippen LogP contribution in [0.4, 0.5) is 5.69 Å². The zero-order valence-electron chi connectivity index (χ0n) is 19.3. The molecular formula is C25H24N4O5. The van der Waals surface area contributed by atoms with Crippen molar-refractivity contribution in [3.63, 3.8) is 0 Å². The molecule has 0 spiro atoms. The molecule has 2 aromatic heterocycles. The Morgan fingerprint density at radius 3 is 2.32 bits per heavy atom. The van der Waals surface area contributed by atoms with E-state index >= 15 is 0 Å². The van der Waals surface area contributed by atoms with E-state index in [2.05, 4.69) is 15.4 Å². The van der Waals surface area contributed by atoms with E-state index in [0.29, 0.717) is 45.2 Å². The molecule has 0 aliphatic rings. The Morgan fingerprint density at radius 1 is 1.00 bits per heavy atom. The molecule has 4 aromatic rings. The van der Waals surface area contributed by atoms with Gasteiger partial charge < -0.3 is 19.5 Å². The molecule has 9 nitrogen and oxygen atoms in total. The first-order valence-corrected chi connectivity index (χ1v) is 10.5. The van der Waals surface area contributed by atoms with Crippen molar-refractivity contribution >= 4 is 28.6 Å². The number of carbonyl (C=O) groups excluding carboxylic acids is 2. The quantitative estimate of drug-likeness (QED) is 0.419. The standard InChI is InChI=1S/C25H24N4O5/c1-15-23-20(13-21(16-8-6-5-7-9-16)27-24(23)29(2)28-15)25(31)34-14-22(30)26-17-10-18(32-3)12-19(11-17)33-4/h5-13H,14H2,1-4H3,(H,26,30). The predicted molar refractivity (Wildman–Crippen MR) is 127 cm³/mol. The Labute approximate surface area is 196 Å². The van der Waals surface area contributed by atoms with Gasteiger partial charge in [-0.25, -0.2) is 9.78 Å². The highest BCUT2D eigenvalue weighted by Crippen LogP contribution is 2.28. The van der Waals surface area contributed by atoms with Crippen LogP contribution in [-0.4, -0.2) is 47.5 Å². The molecule has 0 saturated heterocycles. The summed E-state index contributed by atoms with van der Waals surface area (Å²) in [6.07, 6.45) is 0. The number of fused-ring (bicyclic) bond motifs is 1. The van der Waals surface area contributed by atoms with Crippen molar-refractivity contribution in [1.82, 2.24) is 14.8 Å². The Hall–Kier alpha value is -4.40. The fourth-order valence-corrected chi connectivity index (χ4v) is 3.65. The number of esters is 1. The molecule has 0 fully saturated rings. The number of amides is 1. The number of aromatic nitrogens is 3. The van der Waals surface area contributed by atoms with Crippen LogP contribution in [0.1, 0.15) is 16.1 Å². The van der Waals surface area contributed by atoms with Gasteiger partial charge in [-0.3, -0.25) is 9.48 Å². The summed E-state index contributed by atoms with van der Waals surface area (Å²) < 4.78 is 17.4. The van der Waals surface area contributed by atoms with E-state index in [1.165, 1.54) is 14.2 Å². The van der Waals surface area contributed by atoms with E-state index in [-0.39, 0.29) is 0 Å². The zero-order chi connectivity index (χ0) is 24.2. The van der Waals surface area contributed by atoms with E-state index in [0.717, 1.165) is 5.56 Å². The van der Waals surface area contributed by atoms with E-state index in [4.69, 9.17) is 14.2 Å². The molecule has 0 aliphatic heterocycles. The van der Waals surface area contributed by atoms with Crippen LogP contribution in [-0.2, 0) is 16.6 Å². The molecule has 1 amide bonds. The SMILES string of the molecule is COc1cc(NC(=O)COC(=O)c2cc(-c3ccccc3)nc3c2c(C)nn3C)cc(OC)c1. The summed E-state index contributed by atoms with van der Waals surface area (Å²) in [5.41, 5.74) is 3.41. The average molecular weight is 460 g/mol. The number of ether oxygens (including phenoxy) is 3. The molecule has 0 unspecified atom stereocenters. The molecule has 2 heterocycles. The molecule has 174 valence electrons. The fraction of sp³-hybridized carbons (Fsp3) is 0.200. The lowest BCUT2D eigenvalue weighted by Gasteiger charge is -2.11. The van der Waals surface area contributed by atoms with Crippen molar-refractivity contribution in [3.05, 3.63) is 65.9 Å². The summed E-state index contributed by atoms with van der Waals surface area (Å²) in [6.45, 7) is 1.33. The highest BCUT2D eigenvalue weighted by molar-refractivity contribution is 6.06. The lowest BCUT2D eigenvalue weighted by atomic mass is 10.1. The molecular weight excluding hydrogens is 436 g/mol. The van der Waals surface area contributed by atoms with Gasteiger partial charge in [-0.05, 0) is 13.0 Å². The van der Waals surface area contributed by atoms with Crippen LogP contribution in [0.15, 0.2) is 54.6 Å². The molecule has 9 heteroatoms. The smallest absolute Gasteiger partial charge is 0.339 e. The topological polar surface area (TPSA) is 105 Å². The van der Waals surface area contributed by atoms with Gasteiger partial charge >= 0.3 is 5.97 Å². The molecule has 0 saturated carbocycles. The zero-order valence-corrected chi connectivity index (χ0v) is 19.3. The summed E-state index contributed by atoms with van der Waals surface area (Å²) in [7, 11) is 4.80. The number of benzene rings is 2. The molecule has 1 N–H and O–H groups in total. The van der Waals surface area contributed by atoms with Crippen LogP contribution in [0.5, 0.6) is 11.5 Å². The van der Waals surface area contributed by atoms with Crippen molar-refractivity contribution in [2.24, 2.45) is 7.05 Å². The van der Waals surface area contributed by atoms with E-state index < -0.39 is 18.5 Å². The number of nitrogens with one attached hydrogen (secondary N) is 1. The minimum Gasteiger partial charge on any atom is -0.497 e. The predicted octanol–water partition coefficient (Wildman–Crippen LogP) is 3.76. The van der Waals surface area contributed by atoms with Gasteiger partial charge in [-0.2, -0.15) is 5.10 Å². The summed E-state index contributed by atoms with van der Waals surface area (Å²) >= 11 is 0.